The first-order valence-corrected chi connectivity index (χ1v) is 8.14. The minimum atomic E-state index is -0.161. The Morgan fingerprint density at radius 1 is 1.29 bits per heavy atom. The summed E-state index contributed by atoms with van der Waals surface area (Å²) in [5.74, 6) is 2.27. The Balaban J connectivity index is 1.73. The van der Waals surface area contributed by atoms with Crippen molar-refractivity contribution in [3.05, 3.63) is 65.7 Å². The van der Waals surface area contributed by atoms with Gasteiger partial charge in [-0.3, -0.25) is 4.79 Å². The number of rotatable bonds is 5. The van der Waals surface area contributed by atoms with Crippen LogP contribution >= 0.6 is 11.6 Å². The van der Waals surface area contributed by atoms with E-state index in [1.165, 1.54) is 6.08 Å². The lowest BCUT2D eigenvalue weighted by atomic mass is 9.93. The second-order valence-corrected chi connectivity index (χ2v) is 5.98. The van der Waals surface area contributed by atoms with Crippen LogP contribution < -0.4 is 14.8 Å². The molecule has 0 aliphatic carbocycles. The van der Waals surface area contributed by atoms with Gasteiger partial charge in [0.05, 0.1) is 6.61 Å². The Bertz CT molecular complexity index is 743. The van der Waals surface area contributed by atoms with Crippen LogP contribution in [0.2, 0.25) is 5.02 Å². The van der Waals surface area contributed by atoms with Gasteiger partial charge in [0, 0.05) is 23.6 Å². The zero-order valence-corrected chi connectivity index (χ0v) is 13.9. The van der Waals surface area contributed by atoms with E-state index in [-0.39, 0.29) is 11.8 Å². The average Bonchev–Trinajstić information content (AvgIpc) is 2.61. The third kappa shape index (κ3) is 3.89. The third-order valence-electron chi connectivity index (χ3n) is 3.91. The average molecular weight is 344 g/mol. The second-order valence-electron chi connectivity index (χ2n) is 5.54. The number of hydrogen-bond acceptors (Lipinski definition) is 3. The van der Waals surface area contributed by atoms with Crippen molar-refractivity contribution in [1.82, 2.24) is 5.32 Å². The lowest BCUT2D eigenvalue weighted by Gasteiger charge is -2.26. The van der Waals surface area contributed by atoms with Crippen molar-refractivity contribution in [3.8, 4) is 17.2 Å². The highest BCUT2D eigenvalue weighted by Gasteiger charge is 2.22. The van der Waals surface area contributed by atoms with Gasteiger partial charge in [0.15, 0.2) is 0 Å². The molecule has 1 unspecified atom stereocenters. The summed E-state index contributed by atoms with van der Waals surface area (Å²) < 4.78 is 11.6. The number of amides is 1. The van der Waals surface area contributed by atoms with Gasteiger partial charge in [-0.1, -0.05) is 24.2 Å². The SMILES string of the molecule is C=CC(=O)NCC1CCOc2cc(Oc3ccc(Cl)cc3)ccc21. The molecule has 2 aromatic carbocycles. The maximum atomic E-state index is 11.4. The van der Waals surface area contributed by atoms with Gasteiger partial charge in [-0.25, -0.2) is 0 Å². The first-order valence-electron chi connectivity index (χ1n) is 7.76. The van der Waals surface area contributed by atoms with Crippen molar-refractivity contribution in [1.29, 1.82) is 0 Å². The standard InChI is InChI=1S/C19H18ClNO3/c1-2-19(22)21-12-13-9-10-23-18-11-16(7-8-17(13)18)24-15-5-3-14(20)4-6-15/h2-8,11,13H,1,9-10,12H2,(H,21,22). The van der Waals surface area contributed by atoms with Gasteiger partial charge in [-0.2, -0.15) is 0 Å². The number of halogens is 1. The van der Waals surface area contributed by atoms with E-state index in [2.05, 4.69) is 11.9 Å². The van der Waals surface area contributed by atoms with Crippen LogP contribution in [0.4, 0.5) is 0 Å². The summed E-state index contributed by atoms with van der Waals surface area (Å²) in [5, 5.41) is 3.51. The van der Waals surface area contributed by atoms with E-state index >= 15 is 0 Å². The number of carbonyl (C=O) groups excluding carboxylic acids is 1. The maximum Gasteiger partial charge on any atom is 0.243 e. The predicted molar refractivity (Wildman–Crippen MR) is 94.0 cm³/mol. The molecule has 1 aliphatic rings. The van der Waals surface area contributed by atoms with Gasteiger partial charge in [-0.05, 0) is 48.4 Å². The van der Waals surface area contributed by atoms with Gasteiger partial charge in [-0.15, -0.1) is 0 Å². The molecule has 1 aliphatic heterocycles. The smallest absolute Gasteiger partial charge is 0.243 e. The van der Waals surface area contributed by atoms with Gasteiger partial charge in [0.2, 0.25) is 5.91 Å². The summed E-state index contributed by atoms with van der Waals surface area (Å²) in [7, 11) is 0. The van der Waals surface area contributed by atoms with E-state index in [0.717, 1.165) is 17.7 Å². The number of nitrogens with one attached hydrogen (secondary N) is 1. The minimum Gasteiger partial charge on any atom is -0.493 e. The van der Waals surface area contributed by atoms with E-state index in [0.29, 0.717) is 29.7 Å². The summed E-state index contributed by atoms with van der Waals surface area (Å²) in [6.07, 6.45) is 2.14. The summed E-state index contributed by atoms with van der Waals surface area (Å²) in [6, 6.07) is 13.0. The molecule has 24 heavy (non-hydrogen) atoms. The van der Waals surface area contributed by atoms with Gasteiger partial charge in [0.25, 0.3) is 0 Å². The molecule has 0 fully saturated rings. The number of hydrogen-bond donors (Lipinski definition) is 1. The van der Waals surface area contributed by atoms with Crippen LogP contribution in [-0.4, -0.2) is 19.1 Å². The molecule has 0 radical (unpaired) electrons. The Hall–Kier alpha value is -2.46. The number of carbonyl (C=O) groups is 1. The summed E-state index contributed by atoms with van der Waals surface area (Å²) in [4.78, 5) is 11.4. The minimum absolute atomic E-state index is 0.161. The van der Waals surface area contributed by atoms with E-state index in [1.54, 1.807) is 12.1 Å². The highest BCUT2D eigenvalue weighted by Crippen LogP contribution is 2.37. The van der Waals surface area contributed by atoms with Crippen LogP contribution in [-0.2, 0) is 4.79 Å². The molecule has 1 heterocycles. The van der Waals surface area contributed by atoms with Crippen molar-refractivity contribution in [2.75, 3.05) is 13.2 Å². The van der Waals surface area contributed by atoms with Gasteiger partial charge in [0.1, 0.15) is 17.2 Å². The number of ether oxygens (including phenoxy) is 2. The molecular formula is C19H18ClNO3. The van der Waals surface area contributed by atoms with Crippen molar-refractivity contribution < 1.29 is 14.3 Å². The molecule has 1 atom stereocenters. The molecular weight excluding hydrogens is 326 g/mol. The Labute approximate surface area is 146 Å². The highest BCUT2D eigenvalue weighted by atomic mass is 35.5. The summed E-state index contributed by atoms with van der Waals surface area (Å²) in [5.41, 5.74) is 1.08. The molecule has 0 bridgehead atoms. The molecule has 5 heteroatoms. The Morgan fingerprint density at radius 2 is 2.04 bits per heavy atom. The Kier molecular flexibility index (Phi) is 5.06. The van der Waals surface area contributed by atoms with Crippen LogP contribution in [0.25, 0.3) is 0 Å². The third-order valence-corrected chi connectivity index (χ3v) is 4.16. The fourth-order valence-electron chi connectivity index (χ4n) is 2.65. The summed E-state index contributed by atoms with van der Waals surface area (Å²) in [6.45, 7) is 4.65. The largest absolute Gasteiger partial charge is 0.493 e. The first kappa shape index (κ1) is 16.4. The predicted octanol–water partition coefficient (Wildman–Crippen LogP) is 4.30. The molecule has 1 N–H and O–H groups in total. The Morgan fingerprint density at radius 3 is 2.79 bits per heavy atom. The van der Waals surface area contributed by atoms with Crippen LogP contribution in [0.1, 0.15) is 17.9 Å². The van der Waals surface area contributed by atoms with E-state index in [4.69, 9.17) is 21.1 Å². The van der Waals surface area contributed by atoms with Crippen molar-refractivity contribution in [3.63, 3.8) is 0 Å². The van der Waals surface area contributed by atoms with Crippen LogP contribution in [0.3, 0.4) is 0 Å². The van der Waals surface area contributed by atoms with Crippen LogP contribution in [0, 0.1) is 0 Å². The second kappa shape index (κ2) is 7.41. The van der Waals surface area contributed by atoms with Gasteiger partial charge >= 0.3 is 0 Å². The number of fused-ring (bicyclic) bond motifs is 1. The van der Waals surface area contributed by atoms with E-state index in [1.807, 2.05) is 30.3 Å². The molecule has 0 saturated carbocycles. The lowest BCUT2D eigenvalue weighted by Crippen LogP contribution is -2.29. The zero-order valence-electron chi connectivity index (χ0n) is 13.1. The molecule has 2 aromatic rings. The molecule has 0 spiro atoms. The van der Waals surface area contributed by atoms with E-state index < -0.39 is 0 Å². The van der Waals surface area contributed by atoms with Crippen molar-refractivity contribution in [2.45, 2.75) is 12.3 Å². The molecule has 0 saturated heterocycles. The lowest BCUT2D eigenvalue weighted by molar-refractivity contribution is -0.116. The maximum absolute atomic E-state index is 11.4. The topological polar surface area (TPSA) is 47.6 Å². The molecule has 1 amide bonds. The molecule has 0 aromatic heterocycles. The van der Waals surface area contributed by atoms with Gasteiger partial charge < -0.3 is 14.8 Å². The normalized spacial score (nSPS) is 15.8. The fourth-order valence-corrected chi connectivity index (χ4v) is 2.78. The van der Waals surface area contributed by atoms with Crippen molar-refractivity contribution >= 4 is 17.5 Å². The molecule has 124 valence electrons. The fraction of sp³-hybridized carbons (Fsp3) is 0.211. The van der Waals surface area contributed by atoms with Crippen molar-refractivity contribution in [2.24, 2.45) is 0 Å². The molecule has 3 rings (SSSR count). The quantitative estimate of drug-likeness (QED) is 0.823. The zero-order chi connectivity index (χ0) is 16.9. The van der Waals surface area contributed by atoms with E-state index in [9.17, 15) is 4.79 Å². The van der Waals surface area contributed by atoms with Crippen LogP contribution in [0.5, 0.6) is 17.2 Å². The highest BCUT2D eigenvalue weighted by molar-refractivity contribution is 6.30. The summed E-state index contributed by atoms with van der Waals surface area (Å²) >= 11 is 5.88. The molecule has 4 nitrogen and oxygen atoms in total. The first-order chi connectivity index (χ1) is 11.7. The van der Waals surface area contributed by atoms with Crippen LogP contribution in [0.15, 0.2) is 55.1 Å². The number of benzene rings is 2. The monoisotopic (exact) mass is 343 g/mol.